The van der Waals surface area contributed by atoms with Gasteiger partial charge in [0, 0.05) is 30.5 Å². The summed E-state index contributed by atoms with van der Waals surface area (Å²) in [5.41, 5.74) is 0.229. The summed E-state index contributed by atoms with van der Waals surface area (Å²) in [6.07, 6.45) is 0. The molecule has 1 heterocycles. The van der Waals surface area contributed by atoms with E-state index in [1.54, 1.807) is 0 Å². The van der Waals surface area contributed by atoms with Crippen molar-refractivity contribution in [2.75, 3.05) is 32.5 Å². The average Bonchev–Trinajstić information content (AvgIpc) is 2.61. The van der Waals surface area contributed by atoms with Crippen molar-refractivity contribution in [1.29, 1.82) is 0 Å². The fourth-order valence-electron chi connectivity index (χ4n) is 1.77. The van der Waals surface area contributed by atoms with E-state index in [4.69, 9.17) is 0 Å². The summed E-state index contributed by atoms with van der Waals surface area (Å²) in [6.45, 7) is 10.7. The molecule has 1 aromatic heterocycles. The lowest BCUT2D eigenvalue weighted by Crippen LogP contribution is -2.34. The maximum atomic E-state index is 4.47. The minimum Gasteiger partial charge on any atom is -0.360 e. The van der Waals surface area contributed by atoms with Crippen molar-refractivity contribution >= 4 is 16.7 Å². The molecule has 1 rings (SSSR count). The van der Waals surface area contributed by atoms with Crippen LogP contribution in [0.3, 0.4) is 0 Å². The van der Waals surface area contributed by atoms with Crippen LogP contribution in [0.25, 0.3) is 0 Å². The molecule has 0 fully saturated rings. The van der Waals surface area contributed by atoms with Gasteiger partial charge in [-0.3, -0.25) is 0 Å². The van der Waals surface area contributed by atoms with Crippen molar-refractivity contribution in [3.05, 3.63) is 5.82 Å². The fraction of sp³-hybridized carbons (Fsp3) is 0.833. The van der Waals surface area contributed by atoms with Crippen LogP contribution in [0.1, 0.15) is 39.4 Å². The Morgan fingerprint density at radius 2 is 2.00 bits per heavy atom. The van der Waals surface area contributed by atoms with Gasteiger partial charge in [0.2, 0.25) is 5.13 Å². The molecule has 17 heavy (non-hydrogen) atoms. The van der Waals surface area contributed by atoms with Crippen LogP contribution in [-0.2, 0) is 0 Å². The van der Waals surface area contributed by atoms with Gasteiger partial charge in [-0.05, 0) is 19.5 Å². The number of aromatic nitrogens is 2. The lowest BCUT2D eigenvalue weighted by molar-refractivity contribution is 0.254. The van der Waals surface area contributed by atoms with Crippen LogP contribution in [0, 0.1) is 5.41 Å². The number of hydrogen-bond donors (Lipinski definition) is 1. The monoisotopic (exact) mass is 256 g/mol. The molecule has 0 saturated carbocycles. The van der Waals surface area contributed by atoms with E-state index < -0.39 is 0 Å². The summed E-state index contributed by atoms with van der Waals surface area (Å²) in [7, 11) is 4.20. The first-order chi connectivity index (χ1) is 7.80. The van der Waals surface area contributed by atoms with Crippen molar-refractivity contribution in [1.82, 2.24) is 14.3 Å². The van der Waals surface area contributed by atoms with Crippen LogP contribution in [0.2, 0.25) is 0 Å². The summed E-state index contributed by atoms with van der Waals surface area (Å²) in [5.74, 6) is 1.33. The molecule has 1 aromatic rings. The van der Waals surface area contributed by atoms with Gasteiger partial charge < -0.3 is 10.2 Å². The smallest absolute Gasteiger partial charge is 0.202 e. The third kappa shape index (κ3) is 5.00. The van der Waals surface area contributed by atoms with Gasteiger partial charge >= 0.3 is 0 Å². The number of anilines is 1. The van der Waals surface area contributed by atoms with Gasteiger partial charge in [0.1, 0.15) is 5.82 Å². The quantitative estimate of drug-likeness (QED) is 0.849. The highest BCUT2D eigenvalue weighted by molar-refractivity contribution is 7.09. The predicted octanol–water partition coefficient (Wildman–Crippen LogP) is 2.66. The molecule has 0 aromatic carbocycles. The Bertz CT molecular complexity index is 344. The van der Waals surface area contributed by atoms with E-state index in [0.717, 1.165) is 24.0 Å². The Morgan fingerprint density at radius 3 is 2.47 bits per heavy atom. The largest absolute Gasteiger partial charge is 0.360 e. The topological polar surface area (TPSA) is 41.1 Å². The van der Waals surface area contributed by atoms with Crippen molar-refractivity contribution in [2.45, 2.75) is 33.6 Å². The molecule has 0 amide bonds. The molecule has 98 valence electrons. The summed E-state index contributed by atoms with van der Waals surface area (Å²) in [6, 6.07) is 0. The Balaban J connectivity index is 2.49. The Labute approximate surface area is 109 Å². The van der Waals surface area contributed by atoms with Crippen molar-refractivity contribution in [3.63, 3.8) is 0 Å². The van der Waals surface area contributed by atoms with Gasteiger partial charge in [-0.25, -0.2) is 4.98 Å². The highest BCUT2D eigenvalue weighted by Crippen LogP contribution is 2.21. The molecule has 4 nitrogen and oxygen atoms in total. The van der Waals surface area contributed by atoms with E-state index in [9.17, 15) is 0 Å². The van der Waals surface area contributed by atoms with E-state index in [1.165, 1.54) is 11.5 Å². The molecule has 0 saturated heterocycles. The lowest BCUT2D eigenvalue weighted by atomic mass is 9.93. The molecular weight excluding hydrogens is 232 g/mol. The first kappa shape index (κ1) is 14.4. The molecule has 0 bridgehead atoms. The zero-order valence-corrected chi connectivity index (χ0v) is 12.6. The standard InChI is InChI=1S/C12H24N4S/c1-9(2)10-14-11(17-15-10)13-7-12(3,4)8-16(5)6/h9H,7-8H2,1-6H3,(H,13,14,15). The second-order valence-corrected chi connectivity index (χ2v) is 6.62. The molecule has 0 aliphatic carbocycles. The lowest BCUT2D eigenvalue weighted by Gasteiger charge is -2.28. The van der Waals surface area contributed by atoms with Crippen LogP contribution in [0.4, 0.5) is 5.13 Å². The first-order valence-corrected chi connectivity index (χ1v) is 6.80. The normalized spacial score (nSPS) is 12.5. The molecule has 0 spiro atoms. The van der Waals surface area contributed by atoms with Crippen LogP contribution < -0.4 is 5.32 Å². The fourth-order valence-corrected chi connectivity index (χ4v) is 2.47. The van der Waals surface area contributed by atoms with E-state index in [1.807, 2.05) is 0 Å². The Hall–Kier alpha value is -0.680. The highest BCUT2D eigenvalue weighted by Gasteiger charge is 2.19. The molecule has 1 N–H and O–H groups in total. The third-order valence-electron chi connectivity index (χ3n) is 2.42. The van der Waals surface area contributed by atoms with E-state index >= 15 is 0 Å². The molecule has 0 unspecified atom stereocenters. The van der Waals surface area contributed by atoms with Crippen molar-refractivity contribution in [2.24, 2.45) is 5.41 Å². The first-order valence-electron chi connectivity index (χ1n) is 6.02. The maximum Gasteiger partial charge on any atom is 0.202 e. The average molecular weight is 256 g/mol. The van der Waals surface area contributed by atoms with E-state index in [0.29, 0.717) is 5.92 Å². The molecule has 0 aliphatic rings. The van der Waals surface area contributed by atoms with Crippen molar-refractivity contribution < 1.29 is 0 Å². The second-order valence-electron chi connectivity index (χ2n) is 5.87. The third-order valence-corrected chi connectivity index (χ3v) is 3.11. The summed E-state index contributed by atoms with van der Waals surface area (Å²) in [5, 5.41) is 4.31. The summed E-state index contributed by atoms with van der Waals surface area (Å²) >= 11 is 1.45. The highest BCUT2D eigenvalue weighted by atomic mass is 32.1. The molecular formula is C12H24N4S. The molecule has 5 heteroatoms. The summed E-state index contributed by atoms with van der Waals surface area (Å²) < 4.78 is 4.33. The van der Waals surface area contributed by atoms with Crippen LogP contribution >= 0.6 is 11.5 Å². The predicted molar refractivity (Wildman–Crippen MR) is 74.8 cm³/mol. The SMILES string of the molecule is CC(C)c1nsc(NCC(C)(C)CN(C)C)n1. The minimum absolute atomic E-state index is 0.229. The Morgan fingerprint density at radius 1 is 1.35 bits per heavy atom. The van der Waals surface area contributed by atoms with E-state index in [-0.39, 0.29) is 5.41 Å². The van der Waals surface area contributed by atoms with Gasteiger partial charge in [-0.2, -0.15) is 4.37 Å². The molecule has 0 radical (unpaired) electrons. The number of nitrogens with zero attached hydrogens (tertiary/aromatic N) is 3. The van der Waals surface area contributed by atoms with Gasteiger partial charge in [0.25, 0.3) is 0 Å². The van der Waals surface area contributed by atoms with Gasteiger partial charge in [0.15, 0.2) is 0 Å². The second kappa shape index (κ2) is 5.78. The zero-order valence-electron chi connectivity index (χ0n) is 11.7. The van der Waals surface area contributed by atoms with Crippen LogP contribution in [-0.4, -0.2) is 41.4 Å². The van der Waals surface area contributed by atoms with Gasteiger partial charge in [-0.15, -0.1) is 0 Å². The number of hydrogen-bond acceptors (Lipinski definition) is 5. The van der Waals surface area contributed by atoms with Crippen molar-refractivity contribution in [3.8, 4) is 0 Å². The van der Waals surface area contributed by atoms with Crippen LogP contribution in [0.15, 0.2) is 0 Å². The van der Waals surface area contributed by atoms with Gasteiger partial charge in [-0.1, -0.05) is 27.7 Å². The molecule has 0 atom stereocenters. The van der Waals surface area contributed by atoms with E-state index in [2.05, 4.69) is 61.4 Å². The summed E-state index contributed by atoms with van der Waals surface area (Å²) in [4.78, 5) is 6.68. The Kier molecular flexibility index (Phi) is 4.89. The molecule has 0 aliphatic heterocycles. The number of rotatable bonds is 6. The maximum absolute atomic E-state index is 4.47. The number of nitrogens with one attached hydrogen (secondary N) is 1. The van der Waals surface area contributed by atoms with Crippen LogP contribution in [0.5, 0.6) is 0 Å². The van der Waals surface area contributed by atoms with Gasteiger partial charge in [0.05, 0.1) is 0 Å². The minimum atomic E-state index is 0.229. The zero-order chi connectivity index (χ0) is 13.1.